The van der Waals surface area contributed by atoms with Crippen LogP contribution in [0.2, 0.25) is 0 Å². The quantitative estimate of drug-likeness (QED) is 0.455. The van der Waals surface area contributed by atoms with E-state index in [9.17, 15) is 8.78 Å². The number of hydrogen-bond acceptors (Lipinski definition) is 2. The minimum atomic E-state index is -0.999. The van der Waals surface area contributed by atoms with Crippen LogP contribution in [0.3, 0.4) is 0 Å². The first kappa shape index (κ1) is 13.7. The average Bonchev–Trinajstić information content (AvgIpc) is 2.24. The van der Waals surface area contributed by atoms with Gasteiger partial charge in [0.15, 0.2) is 11.6 Å². The average molecular weight is 316 g/mol. The summed E-state index contributed by atoms with van der Waals surface area (Å²) in [4.78, 5) is 0. The molecular formula is C10H10BrClF2O2. The van der Waals surface area contributed by atoms with Gasteiger partial charge in [0.05, 0.1) is 13.2 Å². The minimum absolute atomic E-state index is 0.138. The summed E-state index contributed by atoms with van der Waals surface area (Å²) in [5, 5.41) is 0. The number of rotatable bonds is 6. The van der Waals surface area contributed by atoms with Gasteiger partial charge in [-0.05, 0) is 12.1 Å². The molecule has 0 radical (unpaired) electrons. The van der Waals surface area contributed by atoms with Crippen LogP contribution in [0.15, 0.2) is 16.6 Å². The van der Waals surface area contributed by atoms with Crippen LogP contribution in [0.1, 0.15) is 0 Å². The second-order valence-corrected chi connectivity index (χ2v) is 4.14. The molecule has 0 unspecified atom stereocenters. The molecule has 0 spiro atoms. The van der Waals surface area contributed by atoms with Crippen LogP contribution in [0.5, 0.6) is 5.75 Å². The Morgan fingerprint density at radius 1 is 1.19 bits per heavy atom. The molecule has 1 aromatic carbocycles. The van der Waals surface area contributed by atoms with E-state index in [0.29, 0.717) is 17.0 Å². The van der Waals surface area contributed by atoms with Gasteiger partial charge >= 0.3 is 0 Å². The molecule has 0 aliphatic heterocycles. The van der Waals surface area contributed by atoms with E-state index in [-0.39, 0.29) is 19.0 Å². The second-order valence-electron chi connectivity index (χ2n) is 2.85. The Bertz CT molecular complexity index is 350. The fraction of sp³-hybridized carbons (Fsp3) is 0.400. The van der Waals surface area contributed by atoms with Crippen LogP contribution in [0.4, 0.5) is 8.78 Å². The predicted molar refractivity (Wildman–Crippen MR) is 61.1 cm³/mol. The predicted octanol–water partition coefficient (Wildman–Crippen LogP) is 3.36. The molecule has 0 saturated heterocycles. The zero-order chi connectivity index (χ0) is 12.0. The largest absolute Gasteiger partial charge is 0.488 e. The Morgan fingerprint density at radius 3 is 2.62 bits per heavy atom. The molecule has 16 heavy (non-hydrogen) atoms. The van der Waals surface area contributed by atoms with E-state index in [1.54, 1.807) is 0 Å². The molecule has 0 aliphatic carbocycles. The zero-order valence-corrected chi connectivity index (χ0v) is 10.7. The van der Waals surface area contributed by atoms with Crippen molar-refractivity contribution in [2.45, 2.75) is 0 Å². The molecule has 0 N–H and O–H groups in total. The molecule has 0 aliphatic rings. The molecule has 6 heteroatoms. The van der Waals surface area contributed by atoms with Crippen LogP contribution >= 0.6 is 27.5 Å². The van der Waals surface area contributed by atoms with E-state index in [0.717, 1.165) is 6.07 Å². The molecule has 0 bridgehead atoms. The van der Waals surface area contributed by atoms with Gasteiger partial charge in [-0.1, -0.05) is 15.9 Å². The third-order valence-electron chi connectivity index (χ3n) is 1.67. The molecule has 90 valence electrons. The Labute approximate surface area is 106 Å². The van der Waals surface area contributed by atoms with Crippen molar-refractivity contribution in [1.82, 2.24) is 0 Å². The van der Waals surface area contributed by atoms with Crippen molar-refractivity contribution in [2.75, 3.05) is 25.7 Å². The van der Waals surface area contributed by atoms with Gasteiger partial charge in [-0.3, -0.25) is 0 Å². The van der Waals surface area contributed by atoms with Gasteiger partial charge in [0.2, 0.25) is 5.82 Å². The van der Waals surface area contributed by atoms with Gasteiger partial charge in [0, 0.05) is 10.4 Å². The van der Waals surface area contributed by atoms with E-state index in [1.807, 2.05) is 0 Å². The highest BCUT2D eigenvalue weighted by atomic mass is 79.9. The van der Waals surface area contributed by atoms with Crippen molar-refractivity contribution in [2.24, 2.45) is 0 Å². The molecule has 1 aromatic rings. The second kappa shape index (κ2) is 7.04. The maximum atomic E-state index is 13.2. The smallest absolute Gasteiger partial charge is 0.200 e. The molecule has 2 nitrogen and oxygen atoms in total. The summed E-state index contributed by atoms with van der Waals surface area (Å²) in [6.45, 7) is 0.824. The SMILES string of the molecule is Fc1cc(Br)cc(OCCOCCCl)c1F. The van der Waals surface area contributed by atoms with Crippen molar-refractivity contribution in [3.05, 3.63) is 28.2 Å². The number of alkyl halides is 1. The first-order valence-electron chi connectivity index (χ1n) is 4.56. The summed E-state index contributed by atoms with van der Waals surface area (Å²) in [5.41, 5.74) is 0. The summed E-state index contributed by atoms with van der Waals surface area (Å²) >= 11 is 8.43. The lowest BCUT2D eigenvalue weighted by Gasteiger charge is -2.08. The van der Waals surface area contributed by atoms with Crippen molar-refractivity contribution in [3.63, 3.8) is 0 Å². The third kappa shape index (κ3) is 4.23. The molecule has 0 aromatic heterocycles. The van der Waals surface area contributed by atoms with Crippen molar-refractivity contribution >= 4 is 27.5 Å². The lowest BCUT2D eigenvalue weighted by molar-refractivity contribution is 0.109. The fourth-order valence-corrected chi connectivity index (χ4v) is 1.52. The zero-order valence-electron chi connectivity index (χ0n) is 8.31. The van der Waals surface area contributed by atoms with E-state index in [4.69, 9.17) is 21.1 Å². The Morgan fingerprint density at radius 2 is 1.94 bits per heavy atom. The summed E-state index contributed by atoms with van der Waals surface area (Å²) in [6.07, 6.45) is 0. The highest BCUT2D eigenvalue weighted by molar-refractivity contribution is 9.10. The Balaban J connectivity index is 2.47. The van der Waals surface area contributed by atoms with E-state index in [1.165, 1.54) is 6.07 Å². The molecule has 0 amide bonds. The highest BCUT2D eigenvalue weighted by Crippen LogP contribution is 2.25. The third-order valence-corrected chi connectivity index (χ3v) is 2.28. The van der Waals surface area contributed by atoms with Gasteiger partial charge in [-0.2, -0.15) is 4.39 Å². The summed E-state index contributed by atoms with van der Waals surface area (Å²) in [5.74, 6) is -1.70. The molecule has 1 rings (SSSR count). The molecule has 0 saturated carbocycles. The first-order valence-corrected chi connectivity index (χ1v) is 5.89. The van der Waals surface area contributed by atoms with E-state index >= 15 is 0 Å². The number of halogens is 4. The molecule has 0 atom stereocenters. The summed E-state index contributed by atoms with van der Waals surface area (Å²) in [6, 6.07) is 2.39. The maximum Gasteiger partial charge on any atom is 0.200 e. The maximum absolute atomic E-state index is 13.2. The van der Waals surface area contributed by atoms with Crippen LogP contribution in [0, 0.1) is 11.6 Å². The molecule has 0 fully saturated rings. The summed E-state index contributed by atoms with van der Waals surface area (Å²) < 4.78 is 36.6. The van der Waals surface area contributed by atoms with Gasteiger partial charge in [-0.15, -0.1) is 11.6 Å². The van der Waals surface area contributed by atoms with Crippen LogP contribution in [0.25, 0.3) is 0 Å². The minimum Gasteiger partial charge on any atom is -0.488 e. The number of benzene rings is 1. The normalized spacial score (nSPS) is 10.5. The highest BCUT2D eigenvalue weighted by Gasteiger charge is 2.10. The van der Waals surface area contributed by atoms with E-state index < -0.39 is 11.6 Å². The van der Waals surface area contributed by atoms with Gasteiger partial charge in [0.1, 0.15) is 6.61 Å². The lowest BCUT2D eigenvalue weighted by Crippen LogP contribution is -2.09. The van der Waals surface area contributed by atoms with Crippen molar-refractivity contribution in [3.8, 4) is 5.75 Å². The fourth-order valence-electron chi connectivity index (χ4n) is 1.00. The van der Waals surface area contributed by atoms with Gasteiger partial charge in [-0.25, -0.2) is 4.39 Å². The first-order chi connectivity index (χ1) is 7.65. The standard InChI is InChI=1S/C10H10BrClF2O2/c11-7-5-8(13)10(14)9(6-7)16-4-3-15-2-1-12/h5-6H,1-4H2. The number of ether oxygens (including phenoxy) is 2. The van der Waals surface area contributed by atoms with E-state index in [2.05, 4.69) is 15.9 Å². The monoisotopic (exact) mass is 314 g/mol. The Kier molecular flexibility index (Phi) is 6.01. The molecule has 0 heterocycles. The molecular weight excluding hydrogens is 305 g/mol. The lowest BCUT2D eigenvalue weighted by atomic mass is 10.3. The van der Waals surface area contributed by atoms with Crippen LogP contribution < -0.4 is 4.74 Å². The van der Waals surface area contributed by atoms with Crippen molar-refractivity contribution < 1.29 is 18.3 Å². The summed E-state index contributed by atoms with van der Waals surface area (Å²) in [7, 11) is 0. The van der Waals surface area contributed by atoms with Crippen LogP contribution in [-0.2, 0) is 4.74 Å². The van der Waals surface area contributed by atoms with Gasteiger partial charge < -0.3 is 9.47 Å². The van der Waals surface area contributed by atoms with Crippen molar-refractivity contribution in [1.29, 1.82) is 0 Å². The van der Waals surface area contributed by atoms with Gasteiger partial charge in [0.25, 0.3) is 0 Å². The van der Waals surface area contributed by atoms with Crippen LogP contribution in [-0.4, -0.2) is 25.7 Å². The topological polar surface area (TPSA) is 18.5 Å². The Hall–Kier alpha value is -0.390. The number of hydrogen-bond donors (Lipinski definition) is 0.